The van der Waals surface area contributed by atoms with E-state index in [0.29, 0.717) is 12.2 Å². The lowest BCUT2D eigenvalue weighted by Crippen LogP contribution is -2.27. The molecule has 0 fully saturated rings. The molecule has 0 saturated heterocycles. The van der Waals surface area contributed by atoms with Gasteiger partial charge in [-0.3, -0.25) is 0 Å². The lowest BCUT2D eigenvalue weighted by atomic mass is 10.1. The van der Waals surface area contributed by atoms with Crippen molar-refractivity contribution in [1.82, 2.24) is 4.90 Å². The molecule has 3 nitrogen and oxygen atoms in total. The van der Waals surface area contributed by atoms with Crippen molar-refractivity contribution in [3.63, 3.8) is 0 Å². The fourth-order valence-corrected chi connectivity index (χ4v) is 2.62. The van der Waals surface area contributed by atoms with Crippen molar-refractivity contribution >= 4 is 18.4 Å². The summed E-state index contributed by atoms with van der Waals surface area (Å²) in [5.74, 6) is -0.230. The highest BCUT2D eigenvalue weighted by atomic mass is 35.5. The maximum Gasteiger partial charge on any atom is 0.338 e. The quantitative estimate of drug-likeness (QED) is 0.457. The van der Waals surface area contributed by atoms with Crippen LogP contribution in [0, 0.1) is 0 Å². The Morgan fingerprint density at radius 1 is 0.920 bits per heavy atom. The third kappa shape index (κ3) is 8.19. The van der Waals surface area contributed by atoms with Crippen LogP contribution in [0.4, 0.5) is 0 Å². The first-order valence-electron chi connectivity index (χ1n) is 8.78. The molecule has 2 aromatic rings. The van der Waals surface area contributed by atoms with Crippen LogP contribution in [0.15, 0.2) is 60.7 Å². The number of carbonyl (C=O) groups is 1. The molecular formula is C21H28ClNO2. The molecule has 0 spiro atoms. The molecule has 0 unspecified atom stereocenters. The van der Waals surface area contributed by atoms with Gasteiger partial charge in [0.1, 0.15) is 0 Å². The molecule has 0 aliphatic carbocycles. The van der Waals surface area contributed by atoms with Crippen LogP contribution in [-0.2, 0) is 11.2 Å². The zero-order chi connectivity index (χ0) is 17.0. The standard InChI is InChI=1S/C21H27NO2.ClH/c1-2-22(17-15-19-11-5-3-6-12-19)16-9-10-18-24-21(23)20-13-7-4-8-14-20;/h3-8,11-14H,2,9-10,15-18H2,1H3;1H. The zero-order valence-corrected chi connectivity index (χ0v) is 15.7. The fraction of sp³-hybridized carbons (Fsp3) is 0.381. The Labute approximate surface area is 157 Å². The zero-order valence-electron chi connectivity index (χ0n) is 14.9. The van der Waals surface area contributed by atoms with E-state index < -0.39 is 0 Å². The molecule has 0 aliphatic rings. The van der Waals surface area contributed by atoms with Crippen molar-refractivity contribution < 1.29 is 9.53 Å². The highest BCUT2D eigenvalue weighted by Crippen LogP contribution is 2.05. The lowest BCUT2D eigenvalue weighted by Gasteiger charge is -2.20. The Morgan fingerprint density at radius 2 is 1.56 bits per heavy atom. The van der Waals surface area contributed by atoms with E-state index in [1.807, 2.05) is 18.2 Å². The molecule has 0 aromatic heterocycles. The normalized spacial score (nSPS) is 10.3. The number of carbonyl (C=O) groups excluding carboxylic acids is 1. The van der Waals surface area contributed by atoms with E-state index in [4.69, 9.17) is 4.74 Å². The Hall–Kier alpha value is -1.84. The van der Waals surface area contributed by atoms with Crippen LogP contribution in [0.3, 0.4) is 0 Å². The van der Waals surface area contributed by atoms with Gasteiger partial charge in [0.2, 0.25) is 0 Å². The van der Waals surface area contributed by atoms with Gasteiger partial charge in [-0.1, -0.05) is 55.5 Å². The van der Waals surface area contributed by atoms with Gasteiger partial charge in [0.05, 0.1) is 12.2 Å². The smallest absolute Gasteiger partial charge is 0.338 e. The number of unbranched alkanes of at least 4 members (excludes halogenated alkanes) is 1. The molecular weight excluding hydrogens is 334 g/mol. The first-order chi connectivity index (χ1) is 11.8. The molecule has 0 aliphatic heterocycles. The van der Waals surface area contributed by atoms with Crippen molar-refractivity contribution in [3.8, 4) is 0 Å². The average Bonchev–Trinajstić information content (AvgIpc) is 2.65. The van der Waals surface area contributed by atoms with Crippen LogP contribution in [0.2, 0.25) is 0 Å². The molecule has 2 rings (SSSR count). The van der Waals surface area contributed by atoms with E-state index in [0.717, 1.165) is 38.9 Å². The monoisotopic (exact) mass is 361 g/mol. The molecule has 0 radical (unpaired) electrons. The first-order valence-corrected chi connectivity index (χ1v) is 8.78. The van der Waals surface area contributed by atoms with Gasteiger partial charge in [-0.15, -0.1) is 12.4 Å². The number of nitrogens with zero attached hydrogens (tertiary/aromatic N) is 1. The van der Waals surface area contributed by atoms with E-state index in [1.54, 1.807) is 12.1 Å². The fourth-order valence-electron chi connectivity index (χ4n) is 2.62. The summed E-state index contributed by atoms with van der Waals surface area (Å²) in [5.41, 5.74) is 2.00. The van der Waals surface area contributed by atoms with Gasteiger partial charge in [0.15, 0.2) is 0 Å². The molecule has 2 aromatic carbocycles. The second-order valence-corrected chi connectivity index (χ2v) is 5.88. The van der Waals surface area contributed by atoms with Crippen molar-refractivity contribution in [2.45, 2.75) is 26.2 Å². The number of benzene rings is 2. The summed E-state index contributed by atoms with van der Waals surface area (Å²) in [5, 5.41) is 0. The second-order valence-electron chi connectivity index (χ2n) is 5.88. The molecule has 0 atom stereocenters. The molecule has 0 bridgehead atoms. The van der Waals surface area contributed by atoms with Crippen molar-refractivity contribution in [2.75, 3.05) is 26.2 Å². The van der Waals surface area contributed by atoms with Crippen molar-refractivity contribution in [1.29, 1.82) is 0 Å². The summed E-state index contributed by atoms with van der Waals surface area (Å²) in [4.78, 5) is 14.3. The van der Waals surface area contributed by atoms with Crippen LogP contribution in [0.5, 0.6) is 0 Å². The summed E-state index contributed by atoms with van der Waals surface area (Å²) in [7, 11) is 0. The predicted octanol–water partition coefficient (Wildman–Crippen LogP) is 4.61. The van der Waals surface area contributed by atoms with Gasteiger partial charge >= 0.3 is 5.97 Å². The summed E-state index contributed by atoms with van der Waals surface area (Å²) >= 11 is 0. The number of hydrogen-bond acceptors (Lipinski definition) is 3. The topological polar surface area (TPSA) is 29.5 Å². The van der Waals surface area contributed by atoms with Crippen LogP contribution < -0.4 is 0 Å². The Bertz CT molecular complexity index is 589. The minimum atomic E-state index is -0.230. The summed E-state index contributed by atoms with van der Waals surface area (Å²) in [6, 6.07) is 19.7. The molecule has 0 N–H and O–H groups in total. The Balaban J connectivity index is 0.00000312. The Kier molecular flexibility index (Phi) is 10.6. The third-order valence-corrected chi connectivity index (χ3v) is 4.12. The maximum atomic E-state index is 11.8. The SMILES string of the molecule is CCN(CCCCOC(=O)c1ccccc1)CCc1ccccc1.Cl. The van der Waals surface area contributed by atoms with Gasteiger partial charge in [0, 0.05) is 6.54 Å². The minimum absolute atomic E-state index is 0. The molecule has 0 heterocycles. The minimum Gasteiger partial charge on any atom is -0.462 e. The van der Waals surface area contributed by atoms with Crippen molar-refractivity contribution in [2.24, 2.45) is 0 Å². The average molecular weight is 362 g/mol. The van der Waals surface area contributed by atoms with Gasteiger partial charge in [-0.2, -0.15) is 0 Å². The molecule has 25 heavy (non-hydrogen) atoms. The van der Waals surface area contributed by atoms with Gasteiger partial charge in [0.25, 0.3) is 0 Å². The van der Waals surface area contributed by atoms with Crippen LogP contribution >= 0.6 is 12.4 Å². The predicted molar refractivity (Wildman–Crippen MR) is 105 cm³/mol. The number of likely N-dealkylation sites (N-methyl/N-ethyl adjacent to an activating group) is 1. The molecule has 136 valence electrons. The number of rotatable bonds is 10. The lowest BCUT2D eigenvalue weighted by molar-refractivity contribution is 0.0495. The number of esters is 1. The maximum absolute atomic E-state index is 11.8. The van der Waals surface area contributed by atoms with Gasteiger partial charge in [-0.05, 0) is 50.0 Å². The highest BCUT2D eigenvalue weighted by molar-refractivity contribution is 5.89. The van der Waals surface area contributed by atoms with Gasteiger partial charge in [-0.25, -0.2) is 4.79 Å². The molecule has 4 heteroatoms. The summed E-state index contributed by atoms with van der Waals surface area (Å²) < 4.78 is 5.32. The van der Waals surface area contributed by atoms with E-state index in [1.165, 1.54) is 5.56 Å². The number of ether oxygens (including phenoxy) is 1. The van der Waals surface area contributed by atoms with Crippen LogP contribution in [0.1, 0.15) is 35.7 Å². The van der Waals surface area contributed by atoms with Crippen molar-refractivity contribution in [3.05, 3.63) is 71.8 Å². The summed E-state index contributed by atoms with van der Waals surface area (Å²) in [6.45, 7) is 5.86. The number of hydrogen-bond donors (Lipinski definition) is 0. The van der Waals surface area contributed by atoms with Crippen LogP contribution in [-0.4, -0.2) is 37.1 Å². The first kappa shape index (κ1) is 21.2. The third-order valence-electron chi connectivity index (χ3n) is 4.12. The molecule has 0 saturated carbocycles. The van der Waals surface area contributed by atoms with E-state index >= 15 is 0 Å². The largest absolute Gasteiger partial charge is 0.462 e. The highest BCUT2D eigenvalue weighted by Gasteiger charge is 2.06. The van der Waals surface area contributed by atoms with E-state index in [-0.39, 0.29) is 18.4 Å². The summed E-state index contributed by atoms with van der Waals surface area (Å²) in [6.07, 6.45) is 3.03. The van der Waals surface area contributed by atoms with E-state index in [2.05, 4.69) is 42.2 Å². The molecule has 0 amide bonds. The second kappa shape index (κ2) is 12.5. The number of halogens is 1. The van der Waals surface area contributed by atoms with Gasteiger partial charge < -0.3 is 9.64 Å². The van der Waals surface area contributed by atoms with Crippen LogP contribution in [0.25, 0.3) is 0 Å². The van der Waals surface area contributed by atoms with E-state index in [9.17, 15) is 4.79 Å². The Morgan fingerprint density at radius 3 is 2.20 bits per heavy atom.